The number of hydrogen-bond acceptors (Lipinski definition) is 2. The molecule has 1 aromatic rings. The van der Waals surface area contributed by atoms with Crippen molar-refractivity contribution in [3.8, 4) is 0 Å². The Morgan fingerprint density at radius 1 is 1.23 bits per heavy atom. The molecule has 0 aromatic heterocycles. The highest BCUT2D eigenvalue weighted by Crippen LogP contribution is 2.29. The third kappa shape index (κ3) is 5.00. The number of nitrogens with one attached hydrogen (secondary N) is 1. The Kier molecular flexibility index (Phi) is 7.95. The van der Waals surface area contributed by atoms with Gasteiger partial charge in [-0.1, -0.05) is 50.5 Å². The molecule has 1 aromatic carbocycles. The molecule has 1 saturated carbocycles. The molecule has 5 heteroatoms. The zero-order chi connectivity index (χ0) is 19.1. The van der Waals surface area contributed by atoms with Crippen molar-refractivity contribution in [2.24, 2.45) is 0 Å². The van der Waals surface area contributed by atoms with Gasteiger partial charge in [-0.25, -0.2) is 0 Å². The van der Waals surface area contributed by atoms with E-state index in [0.29, 0.717) is 0 Å². The van der Waals surface area contributed by atoms with Gasteiger partial charge in [-0.2, -0.15) is 0 Å². The monoisotopic (exact) mass is 378 g/mol. The van der Waals surface area contributed by atoms with Gasteiger partial charge < -0.3 is 10.2 Å². The Balaban J connectivity index is 2.38. The van der Waals surface area contributed by atoms with Crippen molar-refractivity contribution in [3.05, 3.63) is 35.4 Å². The molecule has 1 aliphatic carbocycles. The predicted molar refractivity (Wildman–Crippen MR) is 106 cm³/mol. The lowest BCUT2D eigenvalue weighted by Gasteiger charge is -2.37. The summed E-state index contributed by atoms with van der Waals surface area (Å²) in [6.07, 6.45) is 6.32. The predicted octanol–water partition coefficient (Wildman–Crippen LogP) is 4.35. The molecule has 2 amide bonds. The van der Waals surface area contributed by atoms with Crippen molar-refractivity contribution in [2.45, 2.75) is 77.4 Å². The first kappa shape index (κ1) is 20.8. The van der Waals surface area contributed by atoms with E-state index < -0.39 is 6.04 Å². The maximum atomic E-state index is 13.3. The summed E-state index contributed by atoms with van der Waals surface area (Å²) in [6, 6.07) is 7.29. The van der Waals surface area contributed by atoms with Crippen molar-refractivity contribution in [1.29, 1.82) is 0 Å². The highest BCUT2D eigenvalue weighted by molar-refractivity contribution is 6.27. The largest absolute Gasteiger partial charge is 0.351 e. The highest BCUT2D eigenvalue weighted by atomic mass is 35.5. The van der Waals surface area contributed by atoms with Crippen LogP contribution in [0, 0.1) is 6.92 Å². The van der Waals surface area contributed by atoms with E-state index in [1.165, 1.54) is 6.42 Å². The number of amides is 2. The lowest BCUT2D eigenvalue weighted by atomic mass is 9.93. The van der Waals surface area contributed by atoms with Crippen LogP contribution in [0.15, 0.2) is 24.3 Å². The molecule has 2 rings (SSSR count). The van der Waals surface area contributed by atoms with E-state index in [0.717, 1.165) is 43.2 Å². The number of benzene rings is 1. The molecule has 0 heterocycles. The van der Waals surface area contributed by atoms with Crippen molar-refractivity contribution in [1.82, 2.24) is 10.2 Å². The molecular weight excluding hydrogens is 348 g/mol. The lowest BCUT2D eigenvalue weighted by molar-refractivity contribution is -0.142. The van der Waals surface area contributed by atoms with Crippen LogP contribution in [0.1, 0.15) is 69.5 Å². The topological polar surface area (TPSA) is 49.4 Å². The fourth-order valence-electron chi connectivity index (χ4n) is 3.75. The standard InChI is InChI=1S/C21H31ClN2O2/c1-4-16(3)24(19(25)14-22)20(18-13-9-8-10-15(18)2)21(26)23-17-11-6-5-7-12-17/h8-10,13,16-17,20H,4-7,11-12,14H2,1-3H3,(H,23,26)/t16-,20-/m1/s1. The van der Waals surface area contributed by atoms with Crippen LogP contribution >= 0.6 is 11.6 Å². The fraction of sp³-hybridized carbons (Fsp3) is 0.619. The van der Waals surface area contributed by atoms with Gasteiger partial charge in [-0.05, 0) is 44.2 Å². The van der Waals surface area contributed by atoms with E-state index in [4.69, 9.17) is 11.6 Å². The van der Waals surface area contributed by atoms with Crippen molar-refractivity contribution >= 4 is 23.4 Å². The summed E-state index contributed by atoms with van der Waals surface area (Å²) in [7, 11) is 0. The molecule has 1 N–H and O–H groups in total. The Hall–Kier alpha value is -1.55. The molecule has 144 valence electrons. The molecule has 0 spiro atoms. The summed E-state index contributed by atoms with van der Waals surface area (Å²) in [5, 5.41) is 3.21. The Bertz CT molecular complexity index is 614. The SMILES string of the molecule is CC[C@@H](C)N(C(=O)CCl)[C@@H](C(=O)NC1CCCCC1)c1ccccc1C. The Labute approximate surface area is 162 Å². The Morgan fingerprint density at radius 2 is 1.88 bits per heavy atom. The average Bonchev–Trinajstić information content (AvgIpc) is 2.66. The third-order valence-corrected chi connectivity index (χ3v) is 5.66. The van der Waals surface area contributed by atoms with E-state index in [-0.39, 0.29) is 29.8 Å². The minimum Gasteiger partial charge on any atom is -0.351 e. The van der Waals surface area contributed by atoms with Crippen molar-refractivity contribution in [3.63, 3.8) is 0 Å². The van der Waals surface area contributed by atoms with E-state index in [1.807, 2.05) is 45.0 Å². The summed E-state index contributed by atoms with van der Waals surface area (Å²) in [5.74, 6) is -0.415. The third-order valence-electron chi connectivity index (χ3n) is 5.43. The molecule has 0 aliphatic heterocycles. The highest BCUT2D eigenvalue weighted by Gasteiger charge is 2.35. The van der Waals surface area contributed by atoms with Crippen LogP contribution < -0.4 is 5.32 Å². The molecule has 2 atom stereocenters. The van der Waals surface area contributed by atoms with Crippen LogP contribution in [0.4, 0.5) is 0 Å². The van der Waals surface area contributed by atoms with Gasteiger partial charge in [0, 0.05) is 12.1 Å². The first-order valence-corrected chi connectivity index (χ1v) is 10.3. The molecule has 0 bridgehead atoms. The summed E-state index contributed by atoms with van der Waals surface area (Å²) in [4.78, 5) is 27.6. The minimum absolute atomic E-state index is 0.0667. The van der Waals surface area contributed by atoms with Crippen molar-refractivity contribution < 1.29 is 9.59 Å². The van der Waals surface area contributed by atoms with Crippen LogP contribution in [0.2, 0.25) is 0 Å². The number of nitrogens with zero attached hydrogens (tertiary/aromatic N) is 1. The second-order valence-corrected chi connectivity index (χ2v) is 7.56. The molecule has 4 nitrogen and oxygen atoms in total. The number of hydrogen-bond donors (Lipinski definition) is 1. The molecular formula is C21H31ClN2O2. The van der Waals surface area contributed by atoms with Gasteiger partial charge in [-0.15, -0.1) is 11.6 Å². The maximum Gasteiger partial charge on any atom is 0.247 e. The second-order valence-electron chi connectivity index (χ2n) is 7.29. The maximum absolute atomic E-state index is 13.3. The summed E-state index contributed by atoms with van der Waals surface area (Å²) >= 11 is 5.89. The van der Waals surface area contributed by atoms with Crippen molar-refractivity contribution in [2.75, 3.05) is 5.88 Å². The number of alkyl halides is 1. The number of halogens is 1. The fourth-order valence-corrected chi connectivity index (χ4v) is 3.89. The smallest absolute Gasteiger partial charge is 0.247 e. The van der Waals surface area contributed by atoms with Gasteiger partial charge in [0.2, 0.25) is 11.8 Å². The van der Waals surface area contributed by atoms with Gasteiger partial charge >= 0.3 is 0 Å². The zero-order valence-electron chi connectivity index (χ0n) is 16.1. The number of carbonyl (C=O) groups is 2. The van der Waals surface area contributed by atoms with E-state index >= 15 is 0 Å². The molecule has 0 saturated heterocycles. The number of rotatable bonds is 7. The van der Waals surface area contributed by atoms with Gasteiger partial charge in [0.05, 0.1) is 0 Å². The van der Waals surface area contributed by atoms with Gasteiger partial charge in [-0.3, -0.25) is 9.59 Å². The van der Waals surface area contributed by atoms with Crippen LogP contribution in [0.3, 0.4) is 0 Å². The number of carbonyl (C=O) groups excluding carboxylic acids is 2. The van der Waals surface area contributed by atoms with E-state index in [2.05, 4.69) is 5.32 Å². The zero-order valence-corrected chi connectivity index (χ0v) is 16.9. The normalized spacial score (nSPS) is 17.4. The molecule has 1 aliphatic rings. The van der Waals surface area contributed by atoms with E-state index in [9.17, 15) is 9.59 Å². The van der Waals surface area contributed by atoms with Crippen LogP contribution in [-0.4, -0.2) is 34.7 Å². The van der Waals surface area contributed by atoms with Crippen LogP contribution in [0.25, 0.3) is 0 Å². The minimum atomic E-state index is -0.640. The van der Waals surface area contributed by atoms with Gasteiger partial charge in [0.1, 0.15) is 11.9 Å². The molecule has 1 fully saturated rings. The lowest BCUT2D eigenvalue weighted by Crippen LogP contribution is -2.50. The average molecular weight is 379 g/mol. The first-order chi connectivity index (χ1) is 12.5. The van der Waals surface area contributed by atoms with E-state index in [1.54, 1.807) is 4.90 Å². The van der Waals surface area contributed by atoms with Gasteiger partial charge in [0.25, 0.3) is 0 Å². The number of aryl methyl sites for hydroxylation is 1. The quantitative estimate of drug-likeness (QED) is 0.717. The summed E-state index contributed by atoms with van der Waals surface area (Å²) in [6.45, 7) is 5.98. The van der Waals surface area contributed by atoms with Crippen LogP contribution in [0.5, 0.6) is 0 Å². The summed E-state index contributed by atoms with van der Waals surface area (Å²) < 4.78 is 0. The Morgan fingerprint density at radius 3 is 2.46 bits per heavy atom. The van der Waals surface area contributed by atoms with Crippen LogP contribution in [-0.2, 0) is 9.59 Å². The second kappa shape index (κ2) is 9.96. The molecule has 0 radical (unpaired) electrons. The summed E-state index contributed by atoms with van der Waals surface area (Å²) in [5.41, 5.74) is 1.88. The molecule has 0 unspecified atom stereocenters. The molecule has 26 heavy (non-hydrogen) atoms. The van der Waals surface area contributed by atoms with Gasteiger partial charge in [0.15, 0.2) is 0 Å². The first-order valence-electron chi connectivity index (χ1n) is 9.72.